The lowest BCUT2D eigenvalue weighted by atomic mass is 10.1. The van der Waals surface area contributed by atoms with Gasteiger partial charge in [0.25, 0.3) is 5.69 Å². The number of nitro benzene ring substituents is 1. The number of benzene rings is 1. The number of aryl methyl sites for hydroxylation is 1. The molecule has 0 aromatic heterocycles. The molecule has 0 fully saturated rings. The third kappa shape index (κ3) is 2.16. The highest BCUT2D eigenvalue weighted by Crippen LogP contribution is 2.24. The molecule has 0 atom stereocenters. The molecule has 0 saturated heterocycles. The molecule has 74 valence electrons. The molecular weight excluding hydrogens is 180 g/mol. The zero-order chi connectivity index (χ0) is 10.6. The van der Waals surface area contributed by atoms with E-state index >= 15 is 0 Å². The van der Waals surface area contributed by atoms with Crippen LogP contribution in [0.1, 0.15) is 19.4 Å². The van der Waals surface area contributed by atoms with Crippen LogP contribution < -0.4 is 0 Å². The normalized spacial score (nSPS) is 10.7. The highest BCUT2D eigenvalue weighted by molar-refractivity contribution is 5.63. The second-order valence-corrected chi connectivity index (χ2v) is 2.81. The van der Waals surface area contributed by atoms with Gasteiger partial charge in [0.2, 0.25) is 0 Å². The van der Waals surface area contributed by atoms with E-state index < -0.39 is 4.92 Å². The van der Waals surface area contributed by atoms with Crippen molar-refractivity contribution >= 4 is 17.6 Å². The first-order valence-electron chi connectivity index (χ1n) is 4.45. The summed E-state index contributed by atoms with van der Waals surface area (Å²) in [6.07, 6.45) is 2.43. The highest BCUT2D eigenvalue weighted by atomic mass is 16.6. The lowest BCUT2D eigenvalue weighted by Crippen LogP contribution is -1.90. The first-order chi connectivity index (χ1) is 6.69. The SMILES string of the molecule is CC=Nc1ccc([N+](=O)[O-])cc1CC. The maximum Gasteiger partial charge on any atom is 0.269 e. The van der Waals surface area contributed by atoms with E-state index in [9.17, 15) is 10.1 Å². The van der Waals surface area contributed by atoms with Crippen molar-refractivity contribution in [2.75, 3.05) is 0 Å². The van der Waals surface area contributed by atoms with Crippen LogP contribution in [0.4, 0.5) is 11.4 Å². The highest BCUT2D eigenvalue weighted by Gasteiger charge is 2.08. The number of non-ortho nitro benzene ring substituents is 1. The minimum absolute atomic E-state index is 0.122. The predicted octanol–water partition coefficient (Wildman–Crippen LogP) is 2.88. The fraction of sp³-hybridized carbons (Fsp3) is 0.300. The van der Waals surface area contributed by atoms with Crippen molar-refractivity contribution < 1.29 is 4.92 Å². The van der Waals surface area contributed by atoms with Gasteiger partial charge in [0, 0.05) is 18.3 Å². The Morgan fingerprint density at radius 2 is 2.29 bits per heavy atom. The lowest BCUT2D eigenvalue weighted by Gasteiger charge is -2.01. The van der Waals surface area contributed by atoms with Crippen LogP contribution in [0.5, 0.6) is 0 Å². The van der Waals surface area contributed by atoms with Crippen LogP contribution >= 0.6 is 0 Å². The summed E-state index contributed by atoms with van der Waals surface area (Å²) in [6, 6.07) is 4.72. The van der Waals surface area contributed by atoms with Crippen LogP contribution in [-0.4, -0.2) is 11.1 Å². The Bertz CT molecular complexity index is 372. The molecule has 0 saturated carbocycles. The Morgan fingerprint density at radius 1 is 1.57 bits per heavy atom. The summed E-state index contributed by atoms with van der Waals surface area (Å²) in [7, 11) is 0. The van der Waals surface area contributed by atoms with Gasteiger partial charge >= 0.3 is 0 Å². The van der Waals surface area contributed by atoms with E-state index in [1.54, 1.807) is 18.3 Å². The topological polar surface area (TPSA) is 55.5 Å². The average Bonchev–Trinajstić information content (AvgIpc) is 2.18. The summed E-state index contributed by atoms with van der Waals surface area (Å²) in [5, 5.41) is 10.5. The van der Waals surface area contributed by atoms with Gasteiger partial charge in [0.1, 0.15) is 0 Å². The number of nitrogens with zero attached hydrogens (tertiary/aromatic N) is 2. The number of hydrogen-bond acceptors (Lipinski definition) is 3. The molecule has 0 aliphatic heterocycles. The van der Waals surface area contributed by atoms with Gasteiger partial charge in [0.05, 0.1) is 10.6 Å². The van der Waals surface area contributed by atoms with E-state index in [1.807, 2.05) is 13.8 Å². The molecule has 1 aromatic carbocycles. The van der Waals surface area contributed by atoms with Gasteiger partial charge in [-0.2, -0.15) is 0 Å². The van der Waals surface area contributed by atoms with Crippen molar-refractivity contribution in [1.82, 2.24) is 0 Å². The third-order valence-electron chi connectivity index (χ3n) is 1.92. The van der Waals surface area contributed by atoms with Gasteiger partial charge in [0.15, 0.2) is 0 Å². The van der Waals surface area contributed by atoms with Gasteiger partial charge in [-0.25, -0.2) is 0 Å². The molecule has 0 N–H and O–H groups in total. The van der Waals surface area contributed by atoms with E-state index in [-0.39, 0.29) is 5.69 Å². The van der Waals surface area contributed by atoms with Crippen LogP contribution in [0.25, 0.3) is 0 Å². The van der Waals surface area contributed by atoms with Crippen LogP contribution in [0.3, 0.4) is 0 Å². The second kappa shape index (κ2) is 4.50. The molecule has 0 heterocycles. The Morgan fingerprint density at radius 3 is 2.79 bits per heavy atom. The maximum atomic E-state index is 10.5. The molecule has 0 amide bonds. The average molecular weight is 192 g/mol. The molecule has 14 heavy (non-hydrogen) atoms. The lowest BCUT2D eigenvalue weighted by molar-refractivity contribution is -0.384. The zero-order valence-corrected chi connectivity index (χ0v) is 8.23. The Hall–Kier alpha value is -1.71. The van der Waals surface area contributed by atoms with Crippen molar-refractivity contribution in [3.63, 3.8) is 0 Å². The standard InChI is InChI=1S/C10H12N2O2/c1-3-8-7-9(12(13)14)5-6-10(8)11-4-2/h4-7H,3H2,1-2H3. The molecule has 0 radical (unpaired) electrons. The van der Waals surface area contributed by atoms with Gasteiger partial charge in [-0.3, -0.25) is 15.1 Å². The van der Waals surface area contributed by atoms with E-state index in [4.69, 9.17) is 0 Å². The molecule has 0 unspecified atom stereocenters. The molecule has 0 bridgehead atoms. The minimum atomic E-state index is -0.390. The number of aliphatic imine (C=N–C) groups is 1. The molecule has 0 aliphatic rings. The summed E-state index contributed by atoms with van der Waals surface area (Å²) in [4.78, 5) is 14.2. The summed E-state index contributed by atoms with van der Waals surface area (Å²) in [5.41, 5.74) is 1.83. The molecule has 4 heteroatoms. The summed E-state index contributed by atoms with van der Waals surface area (Å²) >= 11 is 0. The summed E-state index contributed by atoms with van der Waals surface area (Å²) in [5.74, 6) is 0. The summed E-state index contributed by atoms with van der Waals surface area (Å²) in [6.45, 7) is 3.77. The maximum absolute atomic E-state index is 10.5. The zero-order valence-electron chi connectivity index (χ0n) is 8.23. The Labute approximate surface area is 82.4 Å². The van der Waals surface area contributed by atoms with Gasteiger partial charge in [-0.1, -0.05) is 6.92 Å². The van der Waals surface area contributed by atoms with Crippen molar-refractivity contribution in [1.29, 1.82) is 0 Å². The molecule has 1 rings (SSSR count). The van der Waals surface area contributed by atoms with E-state index in [2.05, 4.69) is 4.99 Å². The number of nitro groups is 1. The van der Waals surface area contributed by atoms with Crippen LogP contribution in [-0.2, 0) is 6.42 Å². The largest absolute Gasteiger partial charge is 0.269 e. The van der Waals surface area contributed by atoms with Crippen LogP contribution in [0.15, 0.2) is 23.2 Å². The van der Waals surface area contributed by atoms with Crippen LogP contribution in [0, 0.1) is 10.1 Å². The fourth-order valence-corrected chi connectivity index (χ4v) is 1.23. The van der Waals surface area contributed by atoms with Gasteiger partial charge in [-0.15, -0.1) is 0 Å². The third-order valence-corrected chi connectivity index (χ3v) is 1.92. The smallest absolute Gasteiger partial charge is 0.261 e. The molecular formula is C10H12N2O2. The van der Waals surface area contributed by atoms with E-state index in [0.717, 1.165) is 17.7 Å². The van der Waals surface area contributed by atoms with Gasteiger partial charge < -0.3 is 0 Å². The molecule has 0 aliphatic carbocycles. The molecule has 0 spiro atoms. The first kappa shape index (κ1) is 10.4. The van der Waals surface area contributed by atoms with Crippen molar-refractivity contribution in [2.45, 2.75) is 20.3 Å². The second-order valence-electron chi connectivity index (χ2n) is 2.81. The first-order valence-corrected chi connectivity index (χ1v) is 4.45. The van der Waals surface area contributed by atoms with E-state index in [1.165, 1.54) is 6.07 Å². The Kier molecular flexibility index (Phi) is 3.34. The van der Waals surface area contributed by atoms with Crippen molar-refractivity contribution in [3.8, 4) is 0 Å². The van der Waals surface area contributed by atoms with Crippen molar-refractivity contribution in [2.24, 2.45) is 4.99 Å². The minimum Gasteiger partial charge on any atom is -0.261 e. The van der Waals surface area contributed by atoms with Gasteiger partial charge in [-0.05, 0) is 25.0 Å². The van der Waals surface area contributed by atoms with Crippen molar-refractivity contribution in [3.05, 3.63) is 33.9 Å². The number of hydrogen-bond donors (Lipinski definition) is 0. The van der Waals surface area contributed by atoms with E-state index in [0.29, 0.717) is 0 Å². The summed E-state index contributed by atoms with van der Waals surface area (Å²) < 4.78 is 0. The van der Waals surface area contributed by atoms with Crippen LogP contribution in [0.2, 0.25) is 0 Å². The molecule has 4 nitrogen and oxygen atoms in total. The number of rotatable bonds is 3. The quantitative estimate of drug-likeness (QED) is 0.420. The Balaban J connectivity index is 3.17. The monoisotopic (exact) mass is 192 g/mol. The fourth-order valence-electron chi connectivity index (χ4n) is 1.23. The molecule has 1 aromatic rings. The predicted molar refractivity (Wildman–Crippen MR) is 56.3 cm³/mol.